The minimum atomic E-state index is -3.67. The molecule has 1 amide bonds. The first-order valence-electron chi connectivity index (χ1n) is 9.77. The lowest BCUT2D eigenvalue weighted by atomic mass is 9.94. The smallest absolute Gasteiger partial charge is 0.408 e. The Hall–Kier alpha value is -2.13. The Morgan fingerprint density at radius 2 is 1.96 bits per heavy atom. The van der Waals surface area contributed by atoms with Gasteiger partial charge >= 0.3 is 5.76 Å². The van der Waals surface area contributed by atoms with Gasteiger partial charge in [0.05, 0.1) is 10.4 Å². The molecule has 0 bridgehead atoms. The molecule has 2 aromatic rings. The number of benzene rings is 1. The molecule has 0 aliphatic carbocycles. The van der Waals surface area contributed by atoms with E-state index in [0.717, 1.165) is 6.42 Å². The zero-order valence-electron chi connectivity index (χ0n) is 16.3. The van der Waals surface area contributed by atoms with Crippen LogP contribution < -0.4 is 11.1 Å². The van der Waals surface area contributed by atoms with Crippen molar-refractivity contribution in [3.63, 3.8) is 0 Å². The second-order valence-electron chi connectivity index (χ2n) is 7.14. The summed E-state index contributed by atoms with van der Waals surface area (Å²) in [6.07, 6.45) is 2.65. The number of aryl methyl sites for hydroxylation is 1. The molecule has 1 fully saturated rings. The molecular weight excluding hydrogens is 382 g/mol. The molecule has 0 unspecified atom stereocenters. The van der Waals surface area contributed by atoms with E-state index in [1.54, 1.807) is 6.07 Å². The summed E-state index contributed by atoms with van der Waals surface area (Å²) in [6, 6.07) is 4.55. The molecule has 1 aromatic carbocycles. The largest absolute Gasteiger partial charge is 0.419 e. The molecule has 0 spiro atoms. The molecule has 1 N–H and O–H groups in total. The van der Waals surface area contributed by atoms with Gasteiger partial charge in [-0.1, -0.05) is 6.92 Å². The van der Waals surface area contributed by atoms with Crippen molar-refractivity contribution in [2.45, 2.75) is 51.0 Å². The van der Waals surface area contributed by atoms with Gasteiger partial charge in [0.2, 0.25) is 15.9 Å². The summed E-state index contributed by atoms with van der Waals surface area (Å²) in [7, 11) is -3.67. The van der Waals surface area contributed by atoms with Crippen LogP contribution in [-0.4, -0.2) is 42.8 Å². The van der Waals surface area contributed by atoms with E-state index in [9.17, 15) is 18.0 Å². The molecule has 3 rings (SSSR count). The second-order valence-corrected chi connectivity index (χ2v) is 9.08. The van der Waals surface area contributed by atoms with Crippen molar-refractivity contribution in [3.05, 3.63) is 28.7 Å². The van der Waals surface area contributed by atoms with Crippen LogP contribution in [0.15, 0.2) is 32.3 Å². The molecule has 9 heteroatoms. The number of nitrogens with zero attached hydrogens (tertiary/aromatic N) is 2. The number of fused-ring (bicyclic) bond motifs is 1. The lowest BCUT2D eigenvalue weighted by molar-refractivity contribution is -0.122. The summed E-state index contributed by atoms with van der Waals surface area (Å²) in [6.45, 7) is 5.72. The minimum Gasteiger partial charge on any atom is -0.408 e. The van der Waals surface area contributed by atoms with Gasteiger partial charge in [0.25, 0.3) is 0 Å². The average molecular weight is 410 g/mol. The highest BCUT2D eigenvalue weighted by molar-refractivity contribution is 7.89. The van der Waals surface area contributed by atoms with Crippen molar-refractivity contribution in [2.75, 3.05) is 19.6 Å². The topological polar surface area (TPSA) is 102 Å². The highest BCUT2D eigenvalue weighted by Crippen LogP contribution is 2.27. The zero-order chi connectivity index (χ0) is 20.3. The Bertz CT molecular complexity index is 1000. The van der Waals surface area contributed by atoms with Gasteiger partial charge in [-0.15, -0.1) is 0 Å². The third-order valence-electron chi connectivity index (χ3n) is 5.21. The monoisotopic (exact) mass is 409 g/mol. The Morgan fingerprint density at radius 3 is 2.61 bits per heavy atom. The van der Waals surface area contributed by atoms with Crippen LogP contribution in [0, 0.1) is 5.92 Å². The van der Waals surface area contributed by atoms with Crippen LogP contribution in [0.1, 0.15) is 39.5 Å². The fourth-order valence-electron chi connectivity index (χ4n) is 3.61. The van der Waals surface area contributed by atoms with Crippen LogP contribution >= 0.6 is 0 Å². The number of piperidine rings is 1. The molecule has 2 heterocycles. The average Bonchev–Trinajstić information content (AvgIpc) is 3.00. The van der Waals surface area contributed by atoms with E-state index in [-0.39, 0.29) is 22.3 Å². The van der Waals surface area contributed by atoms with Crippen molar-refractivity contribution >= 4 is 27.0 Å². The molecule has 1 saturated heterocycles. The van der Waals surface area contributed by atoms with Gasteiger partial charge in [-0.25, -0.2) is 13.2 Å². The van der Waals surface area contributed by atoms with Gasteiger partial charge in [-0.05, 0) is 44.2 Å². The number of hydrogen-bond donors (Lipinski definition) is 1. The quantitative estimate of drug-likeness (QED) is 0.753. The molecule has 0 saturated carbocycles. The lowest BCUT2D eigenvalue weighted by Gasteiger charge is -2.31. The molecule has 1 aliphatic heterocycles. The molecule has 1 aromatic heterocycles. The summed E-state index contributed by atoms with van der Waals surface area (Å²) >= 11 is 0. The van der Waals surface area contributed by atoms with E-state index in [0.29, 0.717) is 51.0 Å². The Labute approximate surface area is 164 Å². The number of nitrogens with one attached hydrogen (secondary N) is 1. The predicted molar refractivity (Wildman–Crippen MR) is 106 cm³/mol. The van der Waals surface area contributed by atoms with Crippen molar-refractivity contribution in [2.24, 2.45) is 5.92 Å². The van der Waals surface area contributed by atoms with Gasteiger partial charge in [-0.2, -0.15) is 4.31 Å². The van der Waals surface area contributed by atoms with Crippen molar-refractivity contribution in [3.8, 4) is 0 Å². The maximum absolute atomic E-state index is 13.0. The minimum absolute atomic E-state index is 0.0315. The summed E-state index contributed by atoms with van der Waals surface area (Å²) in [5, 5.41) is 2.87. The SMILES string of the molecule is CCCNC(=O)CC1CCN(S(=O)(=O)c2ccc3c(c2)oc(=O)n3CC)CC1. The number of amides is 1. The Morgan fingerprint density at radius 1 is 1.25 bits per heavy atom. The third-order valence-corrected chi connectivity index (χ3v) is 7.11. The van der Waals surface area contributed by atoms with Crippen LogP contribution in [0.5, 0.6) is 0 Å². The number of aromatic nitrogens is 1. The molecule has 1 aliphatic rings. The number of carbonyl (C=O) groups is 1. The van der Waals surface area contributed by atoms with Crippen molar-refractivity contribution in [1.82, 2.24) is 14.2 Å². The zero-order valence-corrected chi connectivity index (χ0v) is 17.1. The molecular formula is C19H27N3O5S. The van der Waals surface area contributed by atoms with Gasteiger partial charge in [-0.3, -0.25) is 9.36 Å². The molecule has 0 atom stereocenters. The van der Waals surface area contributed by atoms with Gasteiger partial charge in [0.15, 0.2) is 5.58 Å². The second kappa shape index (κ2) is 8.48. The number of sulfonamides is 1. The highest BCUT2D eigenvalue weighted by atomic mass is 32.2. The number of rotatable bonds is 7. The first kappa shape index (κ1) is 20.6. The van der Waals surface area contributed by atoms with Crippen LogP contribution in [0.2, 0.25) is 0 Å². The van der Waals surface area contributed by atoms with Gasteiger partial charge in [0.1, 0.15) is 0 Å². The molecule has 8 nitrogen and oxygen atoms in total. The Balaban J connectivity index is 1.70. The summed E-state index contributed by atoms with van der Waals surface area (Å²) in [4.78, 5) is 23.8. The normalized spacial score (nSPS) is 16.5. The standard InChI is InChI=1S/C19H27N3O5S/c1-3-9-20-18(23)12-14-7-10-21(11-8-14)28(25,26)15-5-6-16-17(13-15)27-19(24)22(16)4-2/h5-6,13-14H,3-4,7-12H2,1-2H3,(H,20,23). The third kappa shape index (κ3) is 4.15. The van der Waals surface area contributed by atoms with E-state index in [2.05, 4.69) is 5.32 Å². The maximum Gasteiger partial charge on any atom is 0.419 e. The first-order chi connectivity index (χ1) is 13.4. The number of carbonyl (C=O) groups excluding carboxylic acids is 1. The Kier molecular flexibility index (Phi) is 6.24. The number of hydrogen-bond acceptors (Lipinski definition) is 5. The fraction of sp³-hybridized carbons (Fsp3) is 0.579. The van der Waals surface area contributed by atoms with Gasteiger partial charge < -0.3 is 9.73 Å². The summed E-state index contributed by atoms with van der Waals surface area (Å²) in [5.41, 5.74) is 0.860. The van der Waals surface area contributed by atoms with Crippen molar-refractivity contribution in [1.29, 1.82) is 0 Å². The van der Waals surface area contributed by atoms with E-state index >= 15 is 0 Å². The maximum atomic E-state index is 13.0. The highest BCUT2D eigenvalue weighted by Gasteiger charge is 2.30. The molecule has 28 heavy (non-hydrogen) atoms. The van der Waals surface area contributed by atoms with Crippen LogP contribution in [0.4, 0.5) is 0 Å². The first-order valence-corrected chi connectivity index (χ1v) is 11.2. The van der Waals surface area contributed by atoms with E-state index in [4.69, 9.17) is 4.42 Å². The molecule has 0 radical (unpaired) electrons. The number of oxazole rings is 1. The van der Waals surface area contributed by atoms with E-state index in [1.807, 2.05) is 13.8 Å². The molecule has 154 valence electrons. The van der Waals surface area contributed by atoms with Crippen molar-refractivity contribution < 1.29 is 17.6 Å². The fourth-order valence-corrected chi connectivity index (χ4v) is 5.09. The predicted octanol–water partition coefficient (Wildman–Crippen LogP) is 1.93. The van der Waals surface area contributed by atoms with Crippen LogP contribution in [0.25, 0.3) is 11.1 Å². The van der Waals surface area contributed by atoms with Crippen LogP contribution in [-0.2, 0) is 21.4 Å². The van der Waals surface area contributed by atoms with Crippen LogP contribution in [0.3, 0.4) is 0 Å². The summed E-state index contributed by atoms with van der Waals surface area (Å²) < 4.78 is 34.1. The van der Waals surface area contributed by atoms with E-state index in [1.165, 1.54) is 21.0 Å². The lowest BCUT2D eigenvalue weighted by Crippen LogP contribution is -2.39. The summed E-state index contributed by atoms with van der Waals surface area (Å²) in [5.74, 6) is -0.263. The van der Waals surface area contributed by atoms with E-state index < -0.39 is 15.8 Å². The van der Waals surface area contributed by atoms with Gasteiger partial charge in [0, 0.05) is 38.7 Å².